The molecule has 3 N–H and O–H groups in total. The predicted octanol–water partition coefficient (Wildman–Crippen LogP) is 0.444. The fourth-order valence-electron chi connectivity index (χ4n) is 1.47. The van der Waals surface area contributed by atoms with Gasteiger partial charge >= 0.3 is 0 Å². The standard InChI is InChI=1S/C10H12N2O4S/c1-10(2)9(13)12-7-5-6(17(11,14)15)3-4-8(7)16-10/h3-5H,1-2H3,(H,12,13)(H2,11,14,15). The minimum Gasteiger partial charge on any atom is -0.476 e. The summed E-state index contributed by atoms with van der Waals surface area (Å²) in [5.74, 6) is 0.0820. The average Bonchev–Trinajstić information content (AvgIpc) is 2.17. The highest BCUT2D eigenvalue weighted by molar-refractivity contribution is 7.89. The fraction of sp³-hybridized carbons (Fsp3) is 0.300. The van der Waals surface area contributed by atoms with E-state index in [4.69, 9.17) is 9.88 Å². The molecule has 6 nitrogen and oxygen atoms in total. The van der Waals surface area contributed by atoms with Crippen LogP contribution in [0.25, 0.3) is 0 Å². The van der Waals surface area contributed by atoms with Gasteiger partial charge in [0.2, 0.25) is 10.0 Å². The molecule has 17 heavy (non-hydrogen) atoms. The fourth-order valence-corrected chi connectivity index (χ4v) is 2.01. The SMILES string of the molecule is CC1(C)Oc2ccc(S(N)(=O)=O)cc2NC1=O. The minimum absolute atomic E-state index is 0.0696. The lowest BCUT2D eigenvalue weighted by atomic mass is 10.1. The van der Waals surface area contributed by atoms with Crippen LogP contribution in [-0.2, 0) is 14.8 Å². The zero-order valence-corrected chi connectivity index (χ0v) is 10.2. The second-order valence-corrected chi connectivity index (χ2v) is 5.83. The molecule has 1 heterocycles. The maximum atomic E-state index is 11.6. The molecule has 0 fully saturated rings. The van der Waals surface area contributed by atoms with E-state index in [1.807, 2.05) is 0 Å². The molecule has 7 heteroatoms. The quantitative estimate of drug-likeness (QED) is 0.761. The number of anilines is 1. The van der Waals surface area contributed by atoms with Crippen LogP contribution in [0.2, 0.25) is 0 Å². The topological polar surface area (TPSA) is 98.5 Å². The number of carbonyl (C=O) groups is 1. The zero-order valence-electron chi connectivity index (χ0n) is 9.35. The number of carbonyl (C=O) groups excluding carboxylic acids is 1. The molecule has 1 aliphatic rings. The average molecular weight is 256 g/mol. The number of fused-ring (bicyclic) bond motifs is 1. The summed E-state index contributed by atoms with van der Waals surface area (Å²) in [6, 6.07) is 4.08. The Morgan fingerprint density at radius 1 is 1.35 bits per heavy atom. The maximum absolute atomic E-state index is 11.6. The van der Waals surface area contributed by atoms with Gasteiger partial charge in [-0.3, -0.25) is 4.79 Å². The molecule has 0 bridgehead atoms. The van der Waals surface area contributed by atoms with E-state index in [2.05, 4.69) is 5.32 Å². The Hall–Kier alpha value is -1.60. The molecule has 0 saturated heterocycles. The van der Waals surface area contributed by atoms with E-state index in [1.54, 1.807) is 13.8 Å². The van der Waals surface area contributed by atoms with Crippen molar-refractivity contribution >= 4 is 21.6 Å². The van der Waals surface area contributed by atoms with Crippen molar-refractivity contribution < 1.29 is 17.9 Å². The Bertz CT molecular complexity index is 592. The number of sulfonamides is 1. The van der Waals surface area contributed by atoms with Crippen molar-refractivity contribution in [2.24, 2.45) is 5.14 Å². The lowest BCUT2D eigenvalue weighted by Gasteiger charge is -2.31. The van der Waals surface area contributed by atoms with Gasteiger partial charge in [-0.05, 0) is 32.0 Å². The van der Waals surface area contributed by atoms with Gasteiger partial charge in [-0.25, -0.2) is 13.6 Å². The van der Waals surface area contributed by atoms with Crippen LogP contribution in [0, 0.1) is 0 Å². The van der Waals surface area contributed by atoms with Crippen molar-refractivity contribution in [2.75, 3.05) is 5.32 Å². The van der Waals surface area contributed by atoms with E-state index in [-0.39, 0.29) is 10.8 Å². The number of hydrogen-bond acceptors (Lipinski definition) is 4. The van der Waals surface area contributed by atoms with Gasteiger partial charge in [0, 0.05) is 0 Å². The summed E-state index contributed by atoms with van der Waals surface area (Å²) in [5.41, 5.74) is -0.670. The zero-order chi connectivity index (χ0) is 12.8. The van der Waals surface area contributed by atoms with Crippen molar-refractivity contribution in [1.29, 1.82) is 0 Å². The third-order valence-electron chi connectivity index (χ3n) is 2.44. The molecule has 0 atom stereocenters. The molecule has 1 aromatic carbocycles. The number of nitrogens with one attached hydrogen (secondary N) is 1. The number of hydrogen-bond donors (Lipinski definition) is 2. The van der Waals surface area contributed by atoms with Crippen molar-refractivity contribution in [2.45, 2.75) is 24.3 Å². The summed E-state index contributed by atoms with van der Waals surface area (Å²) in [7, 11) is -3.79. The summed E-state index contributed by atoms with van der Waals surface area (Å²) in [6.45, 7) is 3.25. The molecule has 0 spiro atoms. The number of benzene rings is 1. The molecule has 2 rings (SSSR count). The van der Waals surface area contributed by atoms with Gasteiger partial charge in [-0.15, -0.1) is 0 Å². The number of amides is 1. The second-order valence-electron chi connectivity index (χ2n) is 4.27. The largest absolute Gasteiger partial charge is 0.476 e. The van der Waals surface area contributed by atoms with Crippen LogP contribution in [0.1, 0.15) is 13.8 Å². The molecule has 0 unspecified atom stereocenters. The molecule has 0 aromatic heterocycles. The lowest BCUT2D eigenvalue weighted by molar-refractivity contribution is -0.129. The van der Waals surface area contributed by atoms with Crippen molar-refractivity contribution in [3.63, 3.8) is 0 Å². The molecular formula is C10H12N2O4S. The maximum Gasteiger partial charge on any atom is 0.268 e. The monoisotopic (exact) mass is 256 g/mol. The predicted molar refractivity (Wildman–Crippen MR) is 61.2 cm³/mol. The molecular weight excluding hydrogens is 244 g/mol. The molecule has 1 aliphatic heterocycles. The number of nitrogens with two attached hydrogens (primary N) is 1. The Balaban J connectivity index is 2.50. The Morgan fingerprint density at radius 2 is 2.00 bits per heavy atom. The number of rotatable bonds is 1. The van der Waals surface area contributed by atoms with Gasteiger partial charge in [-0.2, -0.15) is 0 Å². The van der Waals surface area contributed by atoms with Crippen LogP contribution in [0.5, 0.6) is 5.75 Å². The van der Waals surface area contributed by atoms with Gasteiger partial charge < -0.3 is 10.1 Å². The third kappa shape index (κ3) is 2.11. The number of primary sulfonamides is 1. The summed E-state index contributed by atoms with van der Waals surface area (Å²) in [4.78, 5) is 11.6. The molecule has 92 valence electrons. The van der Waals surface area contributed by atoms with E-state index in [0.717, 1.165) is 0 Å². The van der Waals surface area contributed by atoms with E-state index < -0.39 is 15.6 Å². The first kappa shape index (κ1) is 11.9. The van der Waals surface area contributed by atoms with Crippen LogP contribution in [0.15, 0.2) is 23.1 Å². The first-order valence-corrected chi connectivity index (χ1v) is 6.42. The van der Waals surface area contributed by atoms with Gasteiger partial charge in [0.05, 0.1) is 10.6 Å². The van der Waals surface area contributed by atoms with Crippen LogP contribution in [0.4, 0.5) is 5.69 Å². The minimum atomic E-state index is -3.79. The smallest absolute Gasteiger partial charge is 0.268 e. The Morgan fingerprint density at radius 3 is 2.59 bits per heavy atom. The van der Waals surface area contributed by atoms with Crippen molar-refractivity contribution in [1.82, 2.24) is 0 Å². The highest BCUT2D eigenvalue weighted by Crippen LogP contribution is 2.34. The summed E-state index contributed by atoms with van der Waals surface area (Å²) >= 11 is 0. The first-order valence-electron chi connectivity index (χ1n) is 4.87. The van der Waals surface area contributed by atoms with E-state index in [1.165, 1.54) is 18.2 Å². The highest BCUT2D eigenvalue weighted by Gasteiger charge is 2.35. The van der Waals surface area contributed by atoms with Gasteiger partial charge in [0.15, 0.2) is 5.60 Å². The van der Waals surface area contributed by atoms with Crippen LogP contribution in [-0.4, -0.2) is 19.9 Å². The normalized spacial score (nSPS) is 17.9. The Labute approximate surface area is 98.8 Å². The van der Waals surface area contributed by atoms with E-state index in [9.17, 15) is 13.2 Å². The van der Waals surface area contributed by atoms with E-state index in [0.29, 0.717) is 11.4 Å². The van der Waals surface area contributed by atoms with Gasteiger partial charge in [0.25, 0.3) is 5.91 Å². The third-order valence-corrected chi connectivity index (χ3v) is 3.35. The molecule has 0 radical (unpaired) electrons. The number of ether oxygens (including phenoxy) is 1. The highest BCUT2D eigenvalue weighted by atomic mass is 32.2. The van der Waals surface area contributed by atoms with Crippen molar-refractivity contribution in [3.8, 4) is 5.75 Å². The summed E-state index contributed by atoms with van der Waals surface area (Å²) < 4.78 is 27.8. The first-order chi connectivity index (χ1) is 7.70. The van der Waals surface area contributed by atoms with Crippen molar-refractivity contribution in [3.05, 3.63) is 18.2 Å². The molecule has 0 aliphatic carbocycles. The molecule has 1 aromatic rings. The van der Waals surface area contributed by atoms with Crippen LogP contribution in [0.3, 0.4) is 0 Å². The van der Waals surface area contributed by atoms with Gasteiger partial charge in [-0.1, -0.05) is 0 Å². The summed E-state index contributed by atoms with van der Waals surface area (Å²) in [5, 5.41) is 7.58. The Kier molecular flexibility index (Phi) is 2.41. The van der Waals surface area contributed by atoms with Gasteiger partial charge in [0.1, 0.15) is 5.75 Å². The molecule has 1 amide bonds. The lowest BCUT2D eigenvalue weighted by Crippen LogP contribution is -2.45. The molecule has 0 saturated carbocycles. The van der Waals surface area contributed by atoms with Crippen LogP contribution < -0.4 is 15.2 Å². The second kappa shape index (κ2) is 3.44. The summed E-state index contributed by atoms with van der Waals surface area (Å²) in [6.07, 6.45) is 0. The van der Waals surface area contributed by atoms with E-state index >= 15 is 0 Å². The van der Waals surface area contributed by atoms with Crippen LogP contribution >= 0.6 is 0 Å².